The standard InChI is InChI=1S/C19H20N2O5/c1-12-19(23)21(2)16-8-7-13(9-17(16)26-12)20-18(22)11-25-15-6-4-5-14(10-15)24-3/h4-10,12H,11H2,1-3H3,(H,20,22). The molecule has 1 unspecified atom stereocenters. The Morgan fingerprint density at radius 1 is 1.23 bits per heavy atom. The maximum atomic E-state index is 12.1. The van der Waals surface area contributed by atoms with Crippen molar-refractivity contribution in [2.75, 3.05) is 31.0 Å². The van der Waals surface area contributed by atoms with Crippen LogP contribution < -0.4 is 24.4 Å². The van der Waals surface area contributed by atoms with E-state index in [4.69, 9.17) is 14.2 Å². The van der Waals surface area contributed by atoms with E-state index < -0.39 is 6.10 Å². The Bertz CT molecular complexity index is 836. The van der Waals surface area contributed by atoms with Crippen molar-refractivity contribution in [3.8, 4) is 17.2 Å². The van der Waals surface area contributed by atoms with Gasteiger partial charge < -0.3 is 24.4 Å². The molecule has 2 aromatic carbocycles. The summed E-state index contributed by atoms with van der Waals surface area (Å²) in [5.74, 6) is 1.33. The van der Waals surface area contributed by atoms with Gasteiger partial charge in [-0.1, -0.05) is 6.07 Å². The lowest BCUT2D eigenvalue weighted by atomic mass is 10.2. The molecule has 0 saturated carbocycles. The Balaban J connectivity index is 1.63. The van der Waals surface area contributed by atoms with Crippen LogP contribution in [0.3, 0.4) is 0 Å². The molecule has 1 heterocycles. The summed E-state index contributed by atoms with van der Waals surface area (Å²) in [6.45, 7) is 1.55. The lowest BCUT2D eigenvalue weighted by Gasteiger charge is -2.30. The number of rotatable bonds is 5. The van der Waals surface area contributed by atoms with Gasteiger partial charge in [0.25, 0.3) is 11.8 Å². The SMILES string of the molecule is COc1cccc(OCC(=O)Nc2ccc3c(c2)OC(C)C(=O)N3C)c1. The lowest BCUT2D eigenvalue weighted by Crippen LogP contribution is -2.41. The largest absolute Gasteiger partial charge is 0.497 e. The van der Waals surface area contributed by atoms with Crippen molar-refractivity contribution in [1.29, 1.82) is 0 Å². The second-order valence-corrected chi connectivity index (χ2v) is 5.86. The first-order valence-corrected chi connectivity index (χ1v) is 8.13. The van der Waals surface area contributed by atoms with E-state index in [0.717, 1.165) is 0 Å². The minimum atomic E-state index is -0.560. The van der Waals surface area contributed by atoms with E-state index in [2.05, 4.69) is 5.32 Å². The highest BCUT2D eigenvalue weighted by Gasteiger charge is 2.28. The zero-order valence-electron chi connectivity index (χ0n) is 14.8. The molecule has 0 aromatic heterocycles. The van der Waals surface area contributed by atoms with Crippen LogP contribution in [-0.4, -0.2) is 38.7 Å². The van der Waals surface area contributed by atoms with Crippen molar-refractivity contribution in [2.24, 2.45) is 0 Å². The number of likely N-dealkylation sites (N-methyl/N-ethyl adjacent to an activating group) is 1. The van der Waals surface area contributed by atoms with Gasteiger partial charge in [-0.25, -0.2) is 0 Å². The summed E-state index contributed by atoms with van der Waals surface area (Å²) in [5, 5.41) is 2.75. The molecule has 2 amide bonds. The third-order valence-corrected chi connectivity index (χ3v) is 4.00. The zero-order chi connectivity index (χ0) is 18.7. The molecule has 0 aliphatic carbocycles. The molecular formula is C19H20N2O5. The minimum Gasteiger partial charge on any atom is -0.497 e. The number of methoxy groups -OCH3 is 1. The van der Waals surface area contributed by atoms with E-state index in [9.17, 15) is 9.59 Å². The Hall–Kier alpha value is -3.22. The fraction of sp³-hybridized carbons (Fsp3) is 0.263. The molecule has 7 nitrogen and oxygen atoms in total. The Morgan fingerprint density at radius 2 is 2.00 bits per heavy atom. The highest BCUT2D eigenvalue weighted by atomic mass is 16.5. The second kappa shape index (κ2) is 7.35. The van der Waals surface area contributed by atoms with Crippen LogP contribution in [0, 0.1) is 0 Å². The summed E-state index contributed by atoms with van der Waals surface area (Å²) >= 11 is 0. The normalized spacial score (nSPS) is 15.7. The summed E-state index contributed by atoms with van der Waals surface area (Å²) in [5.41, 5.74) is 1.23. The third kappa shape index (κ3) is 3.72. The molecule has 1 atom stereocenters. The van der Waals surface area contributed by atoms with E-state index in [1.54, 1.807) is 68.4 Å². The van der Waals surface area contributed by atoms with Gasteiger partial charge in [0.2, 0.25) is 0 Å². The highest BCUT2D eigenvalue weighted by Crippen LogP contribution is 2.35. The Kier molecular flexibility index (Phi) is 4.97. The van der Waals surface area contributed by atoms with Gasteiger partial charge in [-0.15, -0.1) is 0 Å². The number of hydrogen-bond donors (Lipinski definition) is 1. The second-order valence-electron chi connectivity index (χ2n) is 5.86. The smallest absolute Gasteiger partial charge is 0.267 e. The predicted molar refractivity (Wildman–Crippen MR) is 97.1 cm³/mol. The topological polar surface area (TPSA) is 77.1 Å². The molecule has 1 aliphatic rings. The van der Waals surface area contributed by atoms with Crippen LogP contribution in [-0.2, 0) is 9.59 Å². The van der Waals surface area contributed by atoms with E-state index in [1.165, 1.54) is 0 Å². The number of carbonyl (C=O) groups excluding carboxylic acids is 2. The molecule has 136 valence electrons. The maximum Gasteiger partial charge on any atom is 0.267 e. The number of nitrogens with zero attached hydrogens (tertiary/aromatic N) is 1. The number of benzene rings is 2. The number of anilines is 2. The van der Waals surface area contributed by atoms with Gasteiger partial charge in [0, 0.05) is 24.9 Å². The van der Waals surface area contributed by atoms with Crippen molar-refractivity contribution in [2.45, 2.75) is 13.0 Å². The average Bonchev–Trinajstić information content (AvgIpc) is 2.64. The molecule has 1 aliphatic heterocycles. The first-order chi connectivity index (χ1) is 12.5. The van der Waals surface area contributed by atoms with Gasteiger partial charge in [0.05, 0.1) is 12.8 Å². The van der Waals surface area contributed by atoms with Crippen molar-refractivity contribution >= 4 is 23.2 Å². The van der Waals surface area contributed by atoms with Gasteiger partial charge in [0.1, 0.15) is 17.2 Å². The van der Waals surface area contributed by atoms with Gasteiger partial charge in [-0.05, 0) is 31.2 Å². The number of fused-ring (bicyclic) bond motifs is 1. The molecule has 0 spiro atoms. The average molecular weight is 356 g/mol. The summed E-state index contributed by atoms with van der Waals surface area (Å²) < 4.78 is 16.2. The summed E-state index contributed by atoms with van der Waals surface area (Å²) in [6.07, 6.45) is -0.560. The quantitative estimate of drug-likeness (QED) is 0.890. The van der Waals surface area contributed by atoms with Crippen LogP contribution in [0.1, 0.15) is 6.92 Å². The van der Waals surface area contributed by atoms with Crippen LogP contribution in [0.4, 0.5) is 11.4 Å². The van der Waals surface area contributed by atoms with Crippen molar-refractivity contribution in [3.63, 3.8) is 0 Å². The van der Waals surface area contributed by atoms with E-state index in [-0.39, 0.29) is 18.4 Å². The third-order valence-electron chi connectivity index (χ3n) is 4.00. The van der Waals surface area contributed by atoms with Crippen LogP contribution in [0.25, 0.3) is 0 Å². The fourth-order valence-electron chi connectivity index (χ4n) is 2.63. The van der Waals surface area contributed by atoms with Crippen LogP contribution in [0.2, 0.25) is 0 Å². The van der Waals surface area contributed by atoms with E-state index >= 15 is 0 Å². The van der Waals surface area contributed by atoms with Gasteiger partial charge >= 0.3 is 0 Å². The molecule has 0 fully saturated rings. The maximum absolute atomic E-state index is 12.1. The molecule has 0 saturated heterocycles. The summed E-state index contributed by atoms with van der Waals surface area (Å²) in [7, 11) is 3.26. The molecule has 26 heavy (non-hydrogen) atoms. The molecule has 2 aromatic rings. The van der Waals surface area contributed by atoms with Crippen LogP contribution in [0.15, 0.2) is 42.5 Å². The summed E-state index contributed by atoms with van der Waals surface area (Å²) in [6, 6.07) is 12.2. The van der Waals surface area contributed by atoms with E-state index in [0.29, 0.717) is 28.6 Å². The van der Waals surface area contributed by atoms with Crippen LogP contribution >= 0.6 is 0 Å². The van der Waals surface area contributed by atoms with Crippen LogP contribution in [0.5, 0.6) is 17.2 Å². The monoisotopic (exact) mass is 356 g/mol. The zero-order valence-corrected chi connectivity index (χ0v) is 14.8. The number of carbonyl (C=O) groups is 2. The lowest BCUT2D eigenvalue weighted by molar-refractivity contribution is -0.125. The number of amides is 2. The minimum absolute atomic E-state index is 0.110. The van der Waals surface area contributed by atoms with Gasteiger partial charge in [-0.3, -0.25) is 9.59 Å². The molecule has 7 heteroatoms. The predicted octanol–water partition coefficient (Wildman–Crippen LogP) is 2.46. The first kappa shape index (κ1) is 17.6. The Morgan fingerprint density at radius 3 is 2.77 bits per heavy atom. The van der Waals surface area contributed by atoms with Gasteiger partial charge in [-0.2, -0.15) is 0 Å². The first-order valence-electron chi connectivity index (χ1n) is 8.13. The number of nitrogens with one attached hydrogen (secondary N) is 1. The summed E-state index contributed by atoms with van der Waals surface area (Å²) in [4.78, 5) is 25.6. The molecular weight excluding hydrogens is 336 g/mol. The van der Waals surface area contributed by atoms with Crippen molar-refractivity contribution in [3.05, 3.63) is 42.5 Å². The van der Waals surface area contributed by atoms with Crippen molar-refractivity contribution in [1.82, 2.24) is 0 Å². The van der Waals surface area contributed by atoms with Gasteiger partial charge in [0.15, 0.2) is 12.7 Å². The molecule has 0 bridgehead atoms. The fourth-order valence-corrected chi connectivity index (χ4v) is 2.63. The molecule has 1 N–H and O–H groups in total. The number of hydrogen-bond acceptors (Lipinski definition) is 5. The number of ether oxygens (including phenoxy) is 3. The highest BCUT2D eigenvalue weighted by molar-refractivity contribution is 6.00. The Labute approximate surface area is 151 Å². The van der Waals surface area contributed by atoms with Crippen molar-refractivity contribution < 1.29 is 23.8 Å². The van der Waals surface area contributed by atoms with E-state index in [1.807, 2.05) is 0 Å². The molecule has 3 rings (SSSR count). The molecule has 0 radical (unpaired) electrons.